The van der Waals surface area contributed by atoms with Gasteiger partial charge in [0, 0.05) is 39.9 Å². The largest absolute Gasteiger partial charge is 0.448 e. The number of rotatable bonds is 2. The molecular formula is C15H10BrIN4O2S. The number of fused-ring (bicyclic) bond motifs is 3. The molecule has 24 heavy (non-hydrogen) atoms. The van der Waals surface area contributed by atoms with Crippen molar-refractivity contribution < 1.29 is 9.15 Å². The lowest BCUT2D eigenvalue weighted by molar-refractivity contribution is 0.193. The molecule has 0 radical (unpaired) electrons. The number of benzene rings is 1. The van der Waals surface area contributed by atoms with Gasteiger partial charge in [-0.15, -0.1) is 10.2 Å². The third-order valence-corrected chi connectivity index (χ3v) is 6.11. The third kappa shape index (κ3) is 2.88. The fourth-order valence-corrected chi connectivity index (χ4v) is 3.38. The second-order valence-corrected chi connectivity index (χ2v) is 7.52. The van der Waals surface area contributed by atoms with Gasteiger partial charge in [-0.1, -0.05) is 30.0 Å². The van der Waals surface area contributed by atoms with Crippen molar-refractivity contribution in [3.05, 3.63) is 44.3 Å². The summed E-state index contributed by atoms with van der Waals surface area (Å²) in [6.45, 7) is 0. The zero-order chi connectivity index (χ0) is 16.7. The fourth-order valence-electron chi connectivity index (χ4n) is 2.36. The summed E-state index contributed by atoms with van der Waals surface area (Å²) in [6.07, 6.45) is 1.39. The van der Waals surface area contributed by atoms with E-state index < -0.39 is 6.23 Å². The molecule has 1 aliphatic rings. The van der Waals surface area contributed by atoms with Crippen molar-refractivity contribution in [3.8, 4) is 17.1 Å². The predicted molar refractivity (Wildman–Crippen MR) is 103 cm³/mol. The molecular weight excluding hydrogens is 507 g/mol. The van der Waals surface area contributed by atoms with Crippen molar-refractivity contribution >= 4 is 56.0 Å². The molecule has 0 saturated heterocycles. The lowest BCUT2D eigenvalue weighted by atomic mass is 10.1. The maximum Gasteiger partial charge on any atom is 0.262 e. The maximum absolute atomic E-state index is 6.02. The van der Waals surface area contributed by atoms with Crippen molar-refractivity contribution in [2.75, 3.05) is 11.6 Å². The minimum absolute atomic E-state index is 0.373. The number of halogens is 2. The summed E-state index contributed by atoms with van der Waals surface area (Å²) in [5.41, 5.74) is 2.48. The van der Waals surface area contributed by atoms with E-state index in [9.17, 15) is 0 Å². The van der Waals surface area contributed by atoms with E-state index in [-0.39, 0.29) is 0 Å². The Morgan fingerprint density at radius 3 is 2.88 bits per heavy atom. The van der Waals surface area contributed by atoms with Crippen LogP contribution < -0.4 is 10.1 Å². The first kappa shape index (κ1) is 16.2. The van der Waals surface area contributed by atoms with Crippen molar-refractivity contribution in [3.63, 3.8) is 0 Å². The zero-order valence-corrected chi connectivity index (χ0v) is 16.8. The van der Waals surface area contributed by atoms with Gasteiger partial charge in [0.15, 0.2) is 9.53 Å². The molecule has 2 aromatic heterocycles. The van der Waals surface area contributed by atoms with Crippen LogP contribution in [0.15, 0.2) is 44.4 Å². The average molecular weight is 517 g/mol. The normalized spacial score (nSPS) is 15.7. The van der Waals surface area contributed by atoms with Gasteiger partial charge in [-0.05, 0) is 28.3 Å². The molecule has 0 unspecified atom stereocenters. The Morgan fingerprint density at radius 2 is 2.12 bits per heavy atom. The van der Waals surface area contributed by atoms with Crippen LogP contribution in [0.25, 0.3) is 11.3 Å². The van der Waals surface area contributed by atoms with Crippen LogP contribution in [-0.2, 0) is 0 Å². The van der Waals surface area contributed by atoms with Crippen LogP contribution in [0, 0.1) is 3.77 Å². The number of ether oxygens (including phenoxy) is 1. The van der Waals surface area contributed by atoms with Gasteiger partial charge in [-0.2, -0.15) is 0 Å². The number of aromatic nitrogens is 3. The van der Waals surface area contributed by atoms with Crippen LogP contribution in [0.5, 0.6) is 5.88 Å². The molecule has 0 spiro atoms. The average Bonchev–Trinajstić information content (AvgIpc) is 2.85. The Bertz CT molecular complexity index is 901. The molecule has 6 nitrogen and oxygen atoms in total. The Morgan fingerprint density at radius 1 is 1.29 bits per heavy atom. The summed E-state index contributed by atoms with van der Waals surface area (Å²) in [4.78, 5) is 4.57. The topological polar surface area (TPSA) is 73.1 Å². The van der Waals surface area contributed by atoms with E-state index in [0.717, 1.165) is 19.5 Å². The molecule has 9 heteroatoms. The number of hydrogen-bond donors (Lipinski definition) is 1. The number of furan rings is 1. The van der Waals surface area contributed by atoms with E-state index in [0.29, 0.717) is 22.5 Å². The smallest absolute Gasteiger partial charge is 0.262 e. The van der Waals surface area contributed by atoms with E-state index in [1.165, 1.54) is 11.8 Å². The molecule has 4 rings (SSSR count). The molecule has 122 valence electrons. The Kier molecular flexibility index (Phi) is 4.39. The summed E-state index contributed by atoms with van der Waals surface area (Å²) < 4.78 is 13.4. The molecule has 1 atom stereocenters. The minimum atomic E-state index is -0.525. The maximum atomic E-state index is 6.02. The molecule has 3 aromatic rings. The van der Waals surface area contributed by atoms with Gasteiger partial charge in [-0.3, -0.25) is 0 Å². The quantitative estimate of drug-likeness (QED) is 0.390. The molecule has 0 amide bonds. The molecule has 1 N–H and O–H groups in total. The number of anilines is 1. The summed E-state index contributed by atoms with van der Waals surface area (Å²) in [5, 5.41) is 12.2. The van der Waals surface area contributed by atoms with E-state index in [1.807, 2.05) is 36.6 Å². The predicted octanol–water partition coefficient (Wildman–Crippen LogP) is 4.72. The lowest BCUT2D eigenvalue weighted by Gasteiger charge is -2.16. The molecule has 3 heterocycles. The zero-order valence-electron chi connectivity index (χ0n) is 12.3. The summed E-state index contributed by atoms with van der Waals surface area (Å²) in [6, 6.07) is 9.75. The highest BCUT2D eigenvalue weighted by molar-refractivity contribution is 14.1. The second kappa shape index (κ2) is 6.52. The van der Waals surface area contributed by atoms with Gasteiger partial charge in [0.2, 0.25) is 11.4 Å². The van der Waals surface area contributed by atoms with Crippen LogP contribution in [0.1, 0.15) is 12.0 Å². The molecule has 0 bridgehead atoms. The van der Waals surface area contributed by atoms with Crippen LogP contribution >= 0.6 is 50.3 Å². The van der Waals surface area contributed by atoms with Gasteiger partial charge in [0.1, 0.15) is 5.69 Å². The number of hydrogen-bond acceptors (Lipinski definition) is 7. The van der Waals surface area contributed by atoms with Crippen molar-refractivity contribution in [2.45, 2.75) is 11.4 Å². The highest BCUT2D eigenvalue weighted by Gasteiger charge is 2.28. The monoisotopic (exact) mass is 516 g/mol. The summed E-state index contributed by atoms with van der Waals surface area (Å²) in [5.74, 6) is 1.02. The molecule has 0 saturated carbocycles. The first-order valence-electron chi connectivity index (χ1n) is 6.91. The van der Waals surface area contributed by atoms with Gasteiger partial charge >= 0.3 is 0 Å². The molecule has 1 aliphatic heterocycles. The Balaban J connectivity index is 1.86. The van der Waals surface area contributed by atoms with Crippen LogP contribution in [0.3, 0.4) is 0 Å². The van der Waals surface area contributed by atoms with Gasteiger partial charge in [0.05, 0.1) is 4.47 Å². The van der Waals surface area contributed by atoms with Crippen LogP contribution in [-0.4, -0.2) is 21.4 Å². The standard InChI is InChI=1S/C15H10BrIN4O2S/c1-24-15-19-11-7-4-2-3-5-9(7)18-13(23-14(11)20-21-15)10-6-8(16)12(17)22-10/h2-6,13,18H,1H3/t13-/m1/s1. The number of thioether (sulfide) groups is 1. The second-order valence-electron chi connectivity index (χ2n) is 4.91. The van der Waals surface area contributed by atoms with Crippen LogP contribution in [0.2, 0.25) is 0 Å². The summed E-state index contributed by atoms with van der Waals surface area (Å²) >= 11 is 7.02. The van der Waals surface area contributed by atoms with Gasteiger partial charge < -0.3 is 14.5 Å². The number of nitrogens with zero attached hydrogens (tertiary/aromatic N) is 3. The minimum Gasteiger partial charge on any atom is -0.448 e. The van der Waals surface area contributed by atoms with Gasteiger partial charge in [-0.25, -0.2) is 4.98 Å². The van der Waals surface area contributed by atoms with Crippen LogP contribution in [0.4, 0.5) is 5.69 Å². The first-order chi connectivity index (χ1) is 11.7. The highest BCUT2D eigenvalue weighted by atomic mass is 127. The Hall–Kier alpha value is -1.33. The molecule has 1 aromatic carbocycles. The van der Waals surface area contributed by atoms with E-state index in [1.54, 1.807) is 0 Å². The van der Waals surface area contributed by atoms with Gasteiger partial charge in [0.25, 0.3) is 5.88 Å². The first-order valence-corrected chi connectivity index (χ1v) is 10.0. The Labute approximate surface area is 164 Å². The summed E-state index contributed by atoms with van der Waals surface area (Å²) in [7, 11) is 0. The SMILES string of the molecule is CSc1nnc2c(n1)-c1ccccc1N[C@@H](c1cc(Br)c(I)o1)O2. The number of nitrogens with one attached hydrogen (secondary N) is 1. The lowest BCUT2D eigenvalue weighted by Crippen LogP contribution is -2.16. The molecule has 0 aliphatic carbocycles. The van der Waals surface area contributed by atoms with E-state index >= 15 is 0 Å². The van der Waals surface area contributed by atoms with Crippen molar-refractivity contribution in [1.82, 2.24) is 15.2 Å². The van der Waals surface area contributed by atoms with E-state index in [2.05, 4.69) is 59.0 Å². The number of para-hydroxylation sites is 1. The van der Waals surface area contributed by atoms with E-state index in [4.69, 9.17) is 9.15 Å². The fraction of sp³-hybridized carbons (Fsp3) is 0.133. The molecule has 0 fully saturated rings. The highest BCUT2D eigenvalue weighted by Crippen LogP contribution is 2.40. The third-order valence-electron chi connectivity index (χ3n) is 3.44. The van der Waals surface area contributed by atoms with Crippen molar-refractivity contribution in [2.24, 2.45) is 0 Å². The van der Waals surface area contributed by atoms with Crippen molar-refractivity contribution in [1.29, 1.82) is 0 Å².